The molecule has 0 spiro atoms. The highest BCUT2D eigenvalue weighted by atomic mass is 79.9. The highest BCUT2D eigenvalue weighted by molar-refractivity contribution is 9.10. The number of benzene rings is 1. The van der Waals surface area contributed by atoms with Crippen LogP contribution >= 0.6 is 15.9 Å². The minimum absolute atomic E-state index is 0.308. The van der Waals surface area contributed by atoms with Crippen LogP contribution in [0.25, 0.3) is 0 Å². The van der Waals surface area contributed by atoms with Crippen molar-refractivity contribution in [3.63, 3.8) is 0 Å². The predicted octanol–water partition coefficient (Wildman–Crippen LogP) is 4.86. The van der Waals surface area contributed by atoms with Crippen LogP contribution in [0.5, 0.6) is 0 Å². The lowest BCUT2D eigenvalue weighted by molar-refractivity contribution is 0.0560. The number of hydrogen-bond acceptors (Lipinski definition) is 1. The van der Waals surface area contributed by atoms with Crippen molar-refractivity contribution in [3.05, 3.63) is 33.8 Å². The van der Waals surface area contributed by atoms with Crippen molar-refractivity contribution in [3.8, 4) is 0 Å². The predicted molar refractivity (Wildman–Crippen MR) is 79.5 cm³/mol. The molecular formula is C16H23BrO. The standard InChI is InChI=1S/C16H23BrO/c1-10-4-6-13(8-12(10)3)16(18)14-7-5-11(2)15(17)9-14/h5,7,9-10,12-13,16,18H,4,6,8H2,1-3H3. The number of hydrogen-bond donors (Lipinski definition) is 1. The van der Waals surface area contributed by atoms with Crippen molar-refractivity contribution in [1.82, 2.24) is 0 Å². The molecule has 1 saturated carbocycles. The molecule has 0 heterocycles. The van der Waals surface area contributed by atoms with Crippen LogP contribution in [-0.4, -0.2) is 5.11 Å². The summed E-state index contributed by atoms with van der Waals surface area (Å²) in [5, 5.41) is 10.5. The van der Waals surface area contributed by atoms with E-state index >= 15 is 0 Å². The number of halogens is 1. The molecule has 2 rings (SSSR count). The molecule has 0 aliphatic heterocycles. The third-order valence-corrected chi connectivity index (χ3v) is 5.48. The van der Waals surface area contributed by atoms with E-state index in [0.29, 0.717) is 5.92 Å². The van der Waals surface area contributed by atoms with Gasteiger partial charge in [-0.1, -0.05) is 48.3 Å². The number of aliphatic hydroxyl groups is 1. The minimum Gasteiger partial charge on any atom is -0.388 e. The topological polar surface area (TPSA) is 20.2 Å². The average Bonchev–Trinajstić information content (AvgIpc) is 2.35. The van der Waals surface area contributed by atoms with Gasteiger partial charge in [0, 0.05) is 4.47 Å². The van der Waals surface area contributed by atoms with E-state index in [1.54, 1.807) is 0 Å². The molecule has 1 nitrogen and oxygen atoms in total. The van der Waals surface area contributed by atoms with Gasteiger partial charge < -0.3 is 5.11 Å². The second kappa shape index (κ2) is 5.75. The maximum absolute atomic E-state index is 10.5. The van der Waals surface area contributed by atoms with Crippen molar-refractivity contribution in [1.29, 1.82) is 0 Å². The Labute approximate surface area is 119 Å². The van der Waals surface area contributed by atoms with E-state index in [4.69, 9.17) is 0 Å². The zero-order chi connectivity index (χ0) is 13.3. The molecule has 1 aliphatic carbocycles. The smallest absolute Gasteiger partial charge is 0.0818 e. The van der Waals surface area contributed by atoms with Crippen LogP contribution in [0.4, 0.5) is 0 Å². The number of rotatable bonds is 2. The molecular weight excluding hydrogens is 288 g/mol. The highest BCUT2D eigenvalue weighted by Crippen LogP contribution is 2.40. The average molecular weight is 311 g/mol. The van der Waals surface area contributed by atoms with Crippen molar-refractivity contribution in [2.24, 2.45) is 17.8 Å². The van der Waals surface area contributed by atoms with Crippen LogP contribution in [-0.2, 0) is 0 Å². The van der Waals surface area contributed by atoms with Gasteiger partial charge in [-0.15, -0.1) is 0 Å². The van der Waals surface area contributed by atoms with Gasteiger partial charge in [0.25, 0.3) is 0 Å². The summed E-state index contributed by atoms with van der Waals surface area (Å²) in [6.45, 7) is 6.72. The molecule has 0 bridgehead atoms. The first-order chi connectivity index (χ1) is 8.49. The molecule has 0 saturated heterocycles. The largest absolute Gasteiger partial charge is 0.388 e. The Hall–Kier alpha value is -0.340. The summed E-state index contributed by atoms with van der Waals surface area (Å²) >= 11 is 3.55. The monoisotopic (exact) mass is 310 g/mol. The zero-order valence-electron chi connectivity index (χ0n) is 11.5. The first-order valence-electron chi connectivity index (χ1n) is 6.93. The van der Waals surface area contributed by atoms with Gasteiger partial charge in [0.15, 0.2) is 0 Å². The van der Waals surface area contributed by atoms with Gasteiger partial charge in [0.1, 0.15) is 0 Å². The summed E-state index contributed by atoms with van der Waals surface area (Å²) in [6, 6.07) is 6.22. The summed E-state index contributed by atoms with van der Waals surface area (Å²) in [6.07, 6.45) is 3.24. The molecule has 4 unspecified atom stereocenters. The lowest BCUT2D eigenvalue weighted by Crippen LogP contribution is -2.25. The third kappa shape index (κ3) is 2.97. The molecule has 1 fully saturated rings. The van der Waals surface area contributed by atoms with Crippen LogP contribution in [0.15, 0.2) is 22.7 Å². The van der Waals surface area contributed by atoms with Gasteiger partial charge in [-0.25, -0.2) is 0 Å². The molecule has 18 heavy (non-hydrogen) atoms. The maximum atomic E-state index is 10.5. The Morgan fingerprint density at radius 3 is 2.56 bits per heavy atom. The second-order valence-electron chi connectivity index (χ2n) is 5.98. The molecule has 1 aromatic carbocycles. The first-order valence-corrected chi connectivity index (χ1v) is 7.72. The quantitative estimate of drug-likeness (QED) is 0.826. The van der Waals surface area contributed by atoms with Gasteiger partial charge in [-0.2, -0.15) is 0 Å². The Bertz CT molecular complexity index is 416. The highest BCUT2D eigenvalue weighted by Gasteiger charge is 2.29. The number of aliphatic hydroxyl groups excluding tert-OH is 1. The molecule has 0 radical (unpaired) electrons. The van der Waals surface area contributed by atoms with E-state index in [-0.39, 0.29) is 6.10 Å². The minimum atomic E-state index is -0.308. The lowest BCUT2D eigenvalue weighted by Gasteiger charge is -2.34. The Kier molecular flexibility index (Phi) is 4.50. The molecule has 1 aliphatic rings. The molecule has 2 heteroatoms. The fourth-order valence-corrected chi connectivity index (χ4v) is 3.34. The van der Waals surface area contributed by atoms with Gasteiger partial charge in [0.2, 0.25) is 0 Å². The molecule has 0 amide bonds. The van der Waals surface area contributed by atoms with Gasteiger partial charge >= 0.3 is 0 Å². The van der Waals surface area contributed by atoms with Crippen molar-refractivity contribution in [2.45, 2.75) is 46.1 Å². The molecule has 0 aromatic heterocycles. The van der Waals surface area contributed by atoms with E-state index in [0.717, 1.165) is 34.7 Å². The van der Waals surface area contributed by atoms with E-state index in [9.17, 15) is 5.11 Å². The normalized spacial score (nSPS) is 30.2. The van der Waals surface area contributed by atoms with E-state index < -0.39 is 0 Å². The summed E-state index contributed by atoms with van der Waals surface area (Å²) in [5.41, 5.74) is 2.27. The summed E-state index contributed by atoms with van der Waals surface area (Å²) in [5.74, 6) is 1.95. The van der Waals surface area contributed by atoms with Crippen LogP contribution < -0.4 is 0 Å². The summed E-state index contributed by atoms with van der Waals surface area (Å²) < 4.78 is 1.09. The van der Waals surface area contributed by atoms with Gasteiger partial charge in [-0.3, -0.25) is 0 Å². The molecule has 1 aromatic rings. The molecule has 100 valence electrons. The van der Waals surface area contributed by atoms with Crippen molar-refractivity contribution >= 4 is 15.9 Å². The van der Waals surface area contributed by atoms with Crippen LogP contribution in [0.3, 0.4) is 0 Å². The van der Waals surface area contributed by atoms with Gasteiger partial charge in [0.05, 0.1) is 6.10 Å². The molecule has 4 atom stereocenters. The Morgan fingerprint density at radius 1 is 1.22 bits per heavy atom. The van der Waals surface area contributed by atoms with Crippen LogP contribution in [0.1, 0.15) is 50.3 Å². The summed E-state index contributed by atoms with van der Waals surface area (Å²) in [7, 11) is 0. The summed E-state index contributed by atoms with van der Waals surface area (Å²) in [4.78, 5) is 0. The van der Waals surface area contributed by atoms with E-state index in [2.05, 4.69) is 54.9 Å². The fourth-order valence-electron chi connectivity index (χ4n) is 2.94. The maximum Gasteiger partial charge on any atom is 0.0818 e. The van der Waals surface area contributed by atoms with Crippen molar-refractivity contribution < 1.29 is 5.11 Å². The van der Waals surface area contributed by atoms with Crippen LogP contribution in [0, 0.1) is 24.7 Å². The van der Waals surface area contributed by atoms with E-state index in [1.807, 2.05) is 0 Å². The second-order valence-corrected chi connectivity index (χ2v) is 6.84. The lowest BCUT2D eigenvalue weighted by atomic mass is 9.73. The third-order valence-electron chi connectivity index (χ3n) is 4.62. The SMILES string of the molecule is Cc1ccc(C(O)C2CCC(C)C(C)C2)cc1Br. The fraction of sp³-hybridized carbons (Fsp3) is 0.625. The first kappa shape index (κ1) is 14.1. The van der Waals surface area contributed by atoms with Crippen LogP contribution in [0.2, 0.25) is 0 Å². The molecule has 1 N–H and O–H groups in total. The van der Waals surface area contributed by atoms with Crippen molar-refractivity contribution in [2.75, 3.05) is 0 Å². The van der Waals surface area contributed by atoms with E-state index in [1.165, 1.54) is 12.0 Å². The van der Waals surface area contributed by atoms with Gasteiger partial charge in [-0.05, 0) is 54.7 Å². The number of aryl methyl sites for hydroxylation is 1. The zero-order valence-corrected chi connectivity index (χ0v) is 13.1. The Balaban J connectivity index is 2.11. The Morgan fingerprint density at radius 2 is 1.94 bits per heavy atom.